The zero-order valence-electron chi connectivity index (χ0n) is 23.8. The standard InChI is InChI=1S/C34H36BNO6/c1-2-8-21(17-22-14-15-29(38)26-12-7-6-11-25(22)26)13-16-30-31-23(20-37)18-27-32(28(31)19-35(41)42-30)34(40)36(33(27)39)24-9-4-3-5-10-24/h3-7,9-12,14-15,17,27-28,30,32,37-38,41H,2,8,13,16,18-20H2,1H3/b21-17+/t27-,28+,30-,32-/m1/s1. The van der Waals surface area contributed by atoms with Crippen molar-refractivity contribution in [3.63, 3.8) is 0 Å². The number of benzene rings is 3. The summed E-state index contributed by atoms with van der Waals surface area (Å²) in [6.07, 6.45) is 5.36. The van der Waals surface area contributed by atoms with Gasteiger partial charge in [0.25, 0.3) is 0 Å². The summed E-state index contributed by atoms with van der Waals surface area (Å²) in [6.45, 7) is 1.92. The molecular formula is C34H36BNO6. The maximum atomic E-state index is 13.8. The van der Waals surface area contributed by atoms with Crippen LogP contribution in [-0.4, -0.2) is 46.9 Å². The highest BCUT2D eigenvalue weighted by Gasteiger charge is 2.57. The number of aliphatic hydroxyl groups excluding tert-OH is 1. The minimum Gasteiger partial charge on any atom is -0.507 e. The third-order valence-corrected chi connectivity index (χ3v) is 9.11. The van der Waals surface area contributed by atoms with Crippen LogP contribution in [-0.2, 0) is 14.2 Å². The van der Waals surface area contributed by atoms with Crippen molar-refractivity contribution in [1.29, 1.82) is 0 Å². The molecule has 0 spiro atoms. The molecule has 7 nitrogen and oxygen atoms in total. The highest BCUT2D eigenvalue weighted by Crippen LogP contribution is 2.51. The predicted octanol–water partition coefficient (Wildman–Crippen LogP) is 5.50. The van der Waals surface area contributed by atoms with E-state index in [1.807, 2.05) is 36.4 Å². The highest BCUT2D eigenvalue weighted by molar-refractivity contribution is 6.43. The summed E-state index contributed by atoms with van der Waals surface area (Å²) in [5.74, 6) is -1.75. The molecule has 0 saturated carbocycles. The number of aliphatic hydroxyl groups is 1. The maximum absolute atomic E-state index is 13.8. The molecule has 2 amide bonds. The molecular weight excluding hydrogens is 529 g/mol. The average Bonchev–Trinajstić information content (AvgIpc) is 3.26. The van der Waals surface area contributed by atoms with Crippen LogP contribution >= 0.6 is 0 Å². The second-order valence-corrected chi connectivity index (χ2v) is 11.6. The van der Waals surface area contributed by atoms with Crippen molar-refractivity contribution >= 4 is 41.5 Å². The number of phenolic OH excluding ortho intramolecular Hbond substituents is 1. The molecule has 2 aliphatic heterocycles. The summed E-state index contributed by atoms with van der Waals surface area (Å²) in [6, 6.07) is 20.4. The number of allylic oxidation sites excluding steroid dienone is 1. The number of para-hydroxylation sites is 1. The van der Waals surface area contributed by atoms with Gasteiger partial charge in [-0.2, -0.15) is 0 Å². The number of hydrogen-bond acceptors (Lipinski definition) is 6. The molecule has 8 heteroatoms. The van der Waals surface area contributed by atoms with Gasteiger partial charge in [0.05, 0.1) is 30.2 Å². The van der Waals surface area contributed by atoms with Crippen LogP contribution in [0.5, 0.6) is 5.75 Å². The Kier molecular flexibility index (Phi) is 8.03. The van der Waals surface area contributed by atoms with Crippen LogP contribution in [0.15, 0.2) is 83.4 Å². The second kappa shape index (κ2) is 11.9. The number of phenols is 1. The van der Waals surface area contributed by atoms with Gasteiger partial charge in [0.2, 0.25) is 11.8 Å². The zero-order chi connectivity index (χ0) is 29.4. The molecule has 3 N–H and O–H groups in total. The number of amides is 2. The van der Waals surface area contributed by atoms with Crippen molar-refractivity contribution in [1.82, 2.24) is 0 Å². The monoisotopic (exact) mass is 565 g/mol. The number of carbonyl (C=O) groups is 2. The Morgan fingerprint density at radius 2 is 1.71 bits per heavy atom. The van der Waals surface area contributed by atoms with E-state index in [0.29, 0.717) is 24.9 Å². The van der Waals surface area contributed by atoms with Crippen LogP contribution in [0.1, 0.15) is 44.6 Å². The van der Waals surface area contributed by atoms with Gasteiger partial charge in [0.15, 0.2) is 0 Å². The molecule has 42 heavy (non-hydrogen) atoms. The molecule has 3 aromatic carbocycles. The van der Waals surface area contributed by atoms with Crippen molar-refractivity contribution < 1.29 is 29.5 Å². The predicted molar refractivity (Wildman–Crippen MR) is 164 cm³/mol. The van der Waals surface area contributed by atoms with Gasteiger partial charge < -0.3 is 19.9 Å². The molecule has 2 fully saturated rings. The summed E-state index contributed by atoms with van der Waals surface area (Å²) in [7, 11) is -1.06. The van der Waals surface area contributed by atoms with Crippen LogP contribution < -0.4 is 4.90 Å². The van der Waals surface area contributed by atoms with Gasteiger partial charge in [-0.1, -0.05) is 73.5 Å². The van der Waals surface area contributed by atoms with Gasteiger partial charge in [0.1, 0.15) is 5.75 Å². The Labute approximate surface area is 246 Å². The lowest BCUT2D eigenvalue weighted by Crippen LogP contribution is -2.46. The first kappa shape index (κ1) is 28.4. The first-order valence-electron chi connectivity index (χ1n) is 14.9. The van der Waals surface area contributed by atoms with Gasteiger partial charge in [0, 0.05) is 5.39 Å². The van der Waals surface area contributed by atoms with Crippen molar-refractivity contribution in [2.24, 2.45) is 17.8 Å². The average molecular weight is 565 g/mol. The minimum absolute atomic E-state index is 0.213. The third kappa shape index (κ3) is 5.08. The summed E-state index contributed by atoms with van der Waals surface area (Å²) < 4.78 is 6.09. The maximum Gasteiger partial charge on any atom is 0.455 e. The van der Waals surface area contributed by atoms with Crippen molar-refractivity contribution in [2.75, 3.05) is 11.5 Å². The minimum atomic E-state index is -1.06. The lowest BCUT2D eigenvalue weighted by atomic mass is 9.58. The molecule has 0 unspecified atom stereocenters. The second-order valence-electron chi connectivity index (χ2n) is 11.6. The number of imide groups is 1. The lowest BCUT2D eigenvalue weighted by Gasteiger charge is -2.43. The normalized spacial score (nSPS) is 24.4. The van der Waals surface area contributed by atoms with Crippen molar-refractivity contribution in [3.8, 4) is 5.75 Å². The van der Waals surface area contributed by atoms with Gasteiger partial charge >= 0.3 is 7.12 Å². The van der Waals surface area contributed by atoms with Crippen molar-refractivity contribution in [3.05, 3.63) is 89.0 Å². The van der Waals surface area contributed by atoms with E-state index >= 15 is 0 Å². The van der Waals surface area contributed by atoms with Gasteiger partial charge in [-0.05, 0) is 78.2 Å². The number of hydrogen-bond donors (Lipinski definition) is 3. The van der Waals surface area contributed by atoms with E-state index in [4.69, 9.17) is 4.65 Å². The van der Waals surface area contributed by atoms with E-state index < -0.39 is 25.1 Å². The Morgan fingerprint density at radius 3 is 2.45 bits per heavy atom. The summed E-state index contributed by atoms with van der Waals surface area (Å²) >= 11 is 0. The van der Waals surface area contributed by atoms with Crippen LogP contribution in [0.4, 0.5) is 5.69 Å². The van der Waals surface area contributed by atoms with Crippen LogP contribution in [0, 0.1) is 17.8 Å². The SMILES string of the molecule is CCC/C(=C\c1ccc(O)c2ccccc12)CC[C@H]1OB(O)C[C@H]2C1=C(CO)C[C@H]1C(=O)N(c3ccccc3)C(=O)[C@H]12. The fraction of sp³-hybridized carbons (Fsp3) is 0.353. The molecule has 216 valence electrons. The van der Waals surface area contributed by atoms with Gasteiger partial charge in [-0.25, -0.2) is 0 Å². The molecule has 0 radical (unpaired) electrons. The smallest absolute Gasteiger partial charge is 0.455 e. The molecule has 0 aromatic heterocycles. The molecule has 3 aromatic rings. The van der Waals surface area contributed by atoms with Gasteiger partial charge in [-0.15, -0.1) is 0 Å². The summed E-state index contributed by atoms with van der Waals surface area (Å²) in [5, 5.41) is 33.4. The highest BCUT2D eigenvalue weighted by atomic mass is 16.5. The third-order valence-electron chi connectivity index (χ3n) is 9.11. The molecule has 6 rings (SSSR count). The quantitative estimate of drug-likeness (QED) is 0.189. The molecule has 3 aliphatic rings. The van der Waals surface area contributed by atoms with E-state index in [1.54, 1.807) is 30.3 Å². The molecule has 2 heterocycles. The molecule has 4 atom stereocenters. The topological polar surface area (TPSA) is 107 Å². The lowest BCUT2D eigenvalue weighted by molar-refractivity contribution is -0.122. The number of carbonyl (C=O) groups excluding carboxylic acids is 2. The van der Waals surface area contributed by atoms with Gasteiger partial charge in [-0.3, -0.25) is 14.5 Å². The number of nitrogens with zero attached hydrogens (tertiary/aromatic N) is 1. The Balaban J connectivity index is 1.29. The Morgan fingerprint density at radius 1 is 0.976 bits per heavy atom. The number of rotatable bonds is 8. The van der Waals surface area contributed by atoms with E-state index in [-0.39, 0.29) is 36.4 Å². The summed E-state index contributed by atoms with van der Waals surface area (Å²) in [4.78, 5) is 28.6. The molecule has 1 aliphatic carbocycles. The van der Waals surface area contributed by atoms with Crippen LogP contribution in [0.2, 0.25) is 6.32 Å². The molecule has 0 bridgehead atoms. The summed E-state index contributed by atoms with van der Waals surface area (Å²) in [5.41, 5.74) is 4.43. The van der Waals surface area contributed by atoms with E-state index in [9.17, 15) is 24.8 Å². The largest absolute Gasteiger partial charge is 0.507 e. The number of anilines is 1. The fourth-order valence-corrected chi connectivity index (χ4v) is 7.30. The van der Waals surface area contributed by atoms with Crippen molar-refractivity contribution in [2.45, 2.75) is 51.5 Å². The Hall–Kier alpha value is -3.72. The zero-order valence-corrected chi connectivity index (χ0v) is 23.8. The fourth-order valence-electron chi connectivity index (χ4n) is 7.30. The first-order valence-corrected chi connectivity index (χ1v) is 14.9. The first-order chi connectivity index (χ1) is 20.4. The van der Waals surface area contributed by atoms with E-state index in [2.05, 4.69) is 13.0 Å². The number of aromatic hydroxyl groups is 1. The molecule has 2 saturated heterocycles. The van der Waals surface area contributed by atoms with Crippen LogP contribution in [0.3, 0.4) is 0 Å². The number of fused-ring (bicyclic) bond motifs is 4. The Bertz CT molecular complexity index is 1570. The van der Waals surface area contributed by atoms with E-state index in [0.717, 1.165) is 40.3 Å². The van der Waals surface area contributed by atoms with Crippen LogP contribution in [0.25, 0.3) is 16.8 Å². The van der Waals surface area contributed by atoms with E-state index in [1.165, 1.54) is 10.5 Å².